The van der Waals surface area contributed by atoms with E-state index >= 15 is 0 Å². The molecule has 0 aliphatic rings. The van der Waals surface area contributed by atoms with Crippen LogP contribution in [-0.2, 0) is 16.0 Å². The van der Waals surface area contributed by atoms with E-state index in [-0.39, 0.29) is 12.4 Å². The molecule has 0 spiro atoms. The van der Waals surface area contributed by atoms with Crippen LogP contribution in [0.15, 0.2) is 36.9 Å². The van der Waals surface area contributed by atoms with Gasteiger partial charge in [0.25, 0.3) is 0 Å². The Labute approximate surface area is 94.3 Å². The Morgan fingerprint density at radius 2 is 2.12 bits per heavy atom. The maximum absolute atomic E-state index is 11.3. The normalized spacial score (nSPS) is 11.8. The average Bonchev–Trinajstić information content (AvgIpc) is 2.29. The van der Waals surface area contributed by atoms with Gasteiger partial charge in [0.1, 0.15) is 18.4 Å². The number of rotatable bonds is 5. The SMILES string of the molecule is C=CCOC(=O)C(N)Cc1ccc(O)cc1. The lowest BCUT2D eigenvalue weighted by Gasteiger charge is -2.10. The van der Waals surface area contributed by atoms with Crippen molar-refractivity contribution in [2.24, 2.45) is 5.73 Å². The van der Waals surface area contributed by atoms with Gasteiger partial charge in [0.2, 0.25) is 0 Å². The van der Waals surface area contributed by atoms with Gasteiger partial charge in [-0.05, 0) is 24.1 Å². The van der Waals surface area contributed by atoms with Gasteiger partial charge in [0, 0.05) is 0 Å². The highest BCUT2D eigenvalue weighted by Crippen LogP contribution is 2.11. The Hall–Kier alpha value is -1.81. The van der Waals surface area contributed by atoms with Crippen LogP contribution < -0.4 is 5.73 Å². The molecule has 4 nitrogen and oxygen atoms in total. The van der Waals surface area contributed by atoms with Gasteiger partial charge < -0.3 is 15.6 Å². The number of phenolic OH excluding ortho intramolecular Hbond substituents is 1. The highest BCUT2D eigenvalue weighted by Gasteiger charge is 2.14. The number of nitrogens with two attached hydrogens (primary N) is 1. The Kier molecular flexibility index (Phi) is 4.54. The topological polar surface area (TPSA) is 72.5 Å². The zero-order valence-electron chi connectivity index (χ0n) is 8.93. The maximum Gasteiger partial charge on any atom is 0.323 e. The van der Waals surface area contributed by atoms with Crippen LogP contribution in [0, 0.1) is 0 Å². The summed E-state index contributed by atoms with van der Waals surface area (Å²) in [5.74, 6) is -0.264. The fraction of sp³-hybridized carbons (Fsp3) is 0.250. The van der Waals surface area contributed by atoms with Crippen molar-refractivity contribution in [3.05, 3.63) is 42.5 Å². The number of esters is 1. The summed E-state index contributed by atoms with van der Waals surface area (Å²) in [5, 5.41) is 9.08. The summed E-state index contributed by atoms with van der Waals surface area (Å²) in [4.78, 5) is 11.3. The third-order valence-electron chi connectivity index (χ3n) is 2.04. The third kappa shape index (κ3) is 3.74. The first-order valence-electron chi connectivity index (χ1n) is 4.94. The van der Waals surface area contributed by atoms with Crippen molar-refractivity contribution in [2.75, 3.05) is 6.61 Å². The quantitative estimate of drug-likeness (QED) is 0.574. The van der Waals surface area contributed by atoms with Gasteiger partial charge in [0.05, 0.1) is 0 Å². The Morgan fingerprint density at radius 1 is 1.50 bits per heavy atom. The summed E-state index contributed by atoms with van der Waals surface area (Å²) >= 11 is 0. The number of carbonyl (C=O) groups is 1. The predicted molar refractivity (Wildman–Crippen MR) is 60.9 cm³/mol. The van der Waals surface area contributed by atoms with E-state index in [1.54, 1.807) is 24.3 Å². The molecule has 16 heavy (non-hydrogen) atoms. The molecule has 0 heterocycles. The minimum absolute atomic E-state index is 0.169. The first-order chi connectivity index (χ1) is 7.63. The van der Waals surface area contributed by atoms with E-state index in [1.165, 1.54) is 6.08 Å². The Morgan fingerprint density at radius 3 is 2.69 bits per heavy atom. The summed E-state index contributed by atoms with van der Waals surface area (Å²) in [7, 11) is 0. The van der Waals surface area contributed by atoms with Crippen molar-refractivity contribution in [3.63, 3.8) is 0 Å². The van der Waals surface area contributed by atoms with Gasteiger partial charge in [-0.25, -0.2) is 0 Å². The molecule has 86 valence electrons. The van der Waals surface area contributed by atoms with Gasteiger partial charge in [-0.2, -0.15) is 0 Å². The molecule has 4 heteroatoms. The molecule has 0 saturated heterocycles. The van der Waals surface area contributed by atoms with Gasteiger partial charge in [-0.3, -0.25) is 4.79 Å². The number of hydrogen-bond donors (Lipinski definition) is 2. The average molecular weight is 221 g/mol. The van der Waals surface area contributed by atoms with Gasteiger partial charge >= 0.3 is 5.97 Å². The molecule has 1 aromatic carbocycles. The van der Waals surface area contributed by atoms with Crippen molar-refractivity contribution in [1.82, 2.24) is 0 Å². The van der Waals surface area contributed by atoms with Gasteiger partial charge in [0.15, 0.2) is 0 Å². The molecule has 0 fully saturated rings. The molecule has 0 bridgehead atoms. The smallest absolute Gasteiger partial charge is 0.323 e. The van der Waals surface area contributed by atoms with Gasteiger partial charge in [-0.1, -0.05) is 24.8 Å². The first-order valence-corrected chi connectivity index (χ1v) is 4.94. The van der Waals surface area contributed by atoms with E-state index in [2.05, 4.69) is 6.58 Å². The fourth-order valence-corrected chi connectivity index (χ4v) is 1.22. The van der Waals surface area contributed by atoms with Crippen molar-refractivity contribution in [1.29, 1.82) is 0 Å². The number of ether oxygens (including phenoxy) is 1. The Balaban J connectivity index is 2.50. The maximum atomic E-state index is 11.3. The van der Waals surface area contributed by atoms with Crippen molar-refractivity contribution < 1.29 is 14.6 Å². The van der Waals surface area contributed by atoms with Crippen LogP contribution in [0.5, 0.6) is 5.75 Å². The highest BCUT2D eigenvalue weighted by molar-refractivity contribution is 5.76. The number of phenols is 1. The summed E-state index contributed by atoms with van der Waals surface area (Å²) in [5.41, 5.74) is 6.53. The van der Waals surface area contributed by atoms with Gasteiger partial charge in [-0.15, -0.1) is 0 Å². The zero-order chi connectivity index (χ0) is 12.0. The monoisotopic (exact) mass is 221 g/mol. The zero-order valence-corrected chi connectivity index (χ0v) is 8.93. The van der Waals surface area contributed by atoms with E-state index in [0.717, 1.165) is 5.56 Å². The lowest BCUT2D eigenvalue weighted by atomic mass is 10.1. The van der Waals surface area contributed by atoms with E-state index in [4.69, 9.17) is 15.6 Å². The molecule has 1 atom stereocenters. The van der Waals surface area contributed by atoms with E-state index in [0.29, 0.717) is 6.42 Å². The van der Waals surface area contributed by atoms with Crippen LogP contribution in [0.2, 0.25) is 0 Å². The molecule has 0 aliphatic carbocycles. The third-order valence-corrected chi connectivity index (χ3v) is 2.04. The number of hydrogen-bond acceptors (Lipinski definition) is 4. The number of benzene rings is 1. The lowest BCUT2D eigenvalue weighted by molar-refractivity contribution is -0.143. The molecule has 0 amide bonds. The second kappa shape index (κ2) is 5.92. The summed E-state index contributed by atoms with van der Waals surface area (Å²) in [6.07, 6.45) is 1.88. The van der Waals surface area contributed by atoms with Crippen molar-refractivity contribution >= 4 is 5.97 Å². The lowest BCUT2D eigenvalue weighted by Crippen LogP contribution is -2.34. The summed E-state index contributed by atoms with van der Waals surface area (Å²) < 4.78 is 4.82. The molecule has 3 N–H and O–H groups in total. The van der Waals surface area contributed by atoms with Crippen LogP contribution in [0.25, 0.3) is 0 Å². The predicted octanol–water partition coefficient (Wildman–Crippen LogP) is 0.991. The molecular weight excluding hydrogens is 206 g/mol. The fourth-order valence-electron chi connectivity index (χ4n) is 1.22. The standard InChI is InChI=1S/C12H15NO3/c1-2-7-16-12(15)11(13)8-9-3-5-10(14)6-4-9/h2-6,11,14H,1,7-8,13H2. The van der Waals surface area contributed by atoms with Crippen molar-refractivity contribution in [2.45, 2.75) is 12.5 Å². The van der Waals surface area contributed by atoms with Crippen molar-refractivity contribution in [3.8, 4) is 5.75 Å². The molecule has 1 rings (SSSR count). The molecule has 1 aromatic rings. The largest absolute Gasteiger partial charge is 0.508 e. The van der Waals surface area contributed by atoms with E-state index < -0.39 is 12.0 Å². The molecular formula is C12H15NO3. The second-order valence-corrected chi connectivity index (χ2v) is 3.40. The summed E-state index contributed by atoms with van der Waals surface area (Å²) in [6, 6.07) is 5.85. The molecule has 0 radical (unpaired) electrons. The molecule has 0 aromatic heterocycles. The van der Waals surface area contributed by atoms with E-state index in [1.807, 2.05) is 0 Å². The number of aromatic hydroxyl groups is 1. The Bertz CT molecular complexity index is 359. The second-order valence-electron chi connectivity index (χ2n) is 3.40. The molecule has 0 saturated carbocycles. The highest BCUT2D eigenvalue weighted by atomic mass is 16.5. The van der Waals surface area contributed by atoms with Crippen LogP contribution >= 0.6 is 0 Å². The van der Waals surface area contributed by atoms with Crippen LogP contribution in [0.1, 0.15) is 5.56 Å². The minimum Gasteiger partial charge on any atom is -0.508 e. The van der Waals surface area contributed by atoms with E-state index in [9.17, 15) is 4.79 Å². The first kappa shape index (κ1) is 12.3. The van der Waals surface area contributed by atoms with Crippen LogP contribution in [-0.4, -0.2) is 23.7 Å². The number of carbonyl (C=O) groups excluding carboxylic acids is 1. The molecule has 1 unspecified atom stereocenters. The van der Waals surface area contributed by atoms with Crippen LogP contribution in [0.4, 0.5) is 0 Å². The minimum atomic E-state index is -0.690. The molecule has 0 aliphatic heterocycles. The summed E-state index contributed by atoms with van der Waals surface area (Å²) in [6.45, 7) is 3.61. The van der Waals surface area contributed by atoms with Crippen LogP contribution in [0.3, 0.4) is 0 Å².